The Morgan fingerprint density at radius 2 is 2.18 bits per heavy atom. The van der Waals surface area contributed by atoms with E-state index in [4.69, 9.17) is 5.73 Å². The highest BCUT2D eigenvalue weighted by Gasteiger charge is 2.35. The summed E-state index contributed by atoms with van der Waals surface area (Å²) >= 11 is 0. The molecule has 2 aliphatic rings. The molecule has 0 saturated carbocycles. The Morgan fingerprint density at radius 1 is 1.36 bits per heavy atom. The van der Waals surface area contributed by atoms with Gasteiger partial charge in [0.1, 0.15) is 0 Å². The summed E-state index contributed by atoms with van der Waals surface area (Å²) in [5, 5.41) is 0. The Labute approximate surface area is 131 Å². The van der Waals surface area contributed by atoms with Crippen molar-refractivity contribution < 1.29 is 9.59 Å². The lowest BCUT2D eigenvalue weighted by molar-refractivity contribution is -0.117. The predicted molar refractivity (Wildman–Crippen MR) is 85.7 cm³/mol. The van der Waals surface area contributed by atoms with Crippen molar-refractivity contribution in [1.82, 2.24) is 4.90 Å². The van der Waals surface area contributed by atoms with Crippen LogP contribution in [0.25, 0.3) is 0 Å². The van der Waals surface area contributed by atoms with Gasteiger partial charge in [-0.3, -0.25) is 9.59 Å². The van der Waals surface area contributed by atoms with Crippen LogP contribution in [-0.2, 0) is 4.79 Å². The van der Waals surface area contributed by atoms with Crippen LogP contribution in [0.15, 0.2) is 24.3 Å². The molecule has 1 aromatic rings. The third kappa shape index (κ3) is 2.73. The summed E-state index contributed by atoms with van der Waals surface area (Å²) in [5.41, 5.74) is 7.31. The fraction of sp³-hybridized carbons (Fsp3) is 0.529. The first-order valence-electron chi connectivity index (χ1n) is 7.92. The summed E-state index contributed by atoms with van der Waals surface area (Å²) in [6.07, 6.45) is 2.43. The number of anilines is 1. The van der Waals surface area contributed by atoms with Crippen LogP contribution < -0.4 is 10.6 Å². The number of carbonyl (C=O) groups excluding carboxylic acids is 2. The maximum atomic E-state index is 12.7. The third-order valence-electron chi connectivity index (χ3n) is 4.82. The molecule has 22 heavy (non-hydrogen) atoms. The SMILES string of the molecule is CC1(CN)CCN(C(=O)c2cccc(N3CCCC3=O)c2)C1. The maximum absolute atomic E-state index is 12.7. The smallest absolute Gasteiger partial charge is 0.253 e. The number of carbonyl (C=O) groups is 2. The summed E-state index contributed by atoms with van der Waals surface area (Å²) in [4.78, 5) is 28.2. The zero-order valence-electron chi connectivity index (χ0n) is 13.0. The van der Waals surface area contributed by atoms with E-state index in [2.05, 4.69) is 6.92 Å². The van der Waals surface area contributed by atoms with Gasteiger partial charge < -0.3 is 15.5 Å². The first-order chi connectivity index (χ1) is 10.5. The van der Waals surface area contributed by atoms with Gasteiger partial charge in [0.05, 0.1) is 0 Å². The van der Waals surface area contributed by atoms with E-state index >= 15 is 0 Å². The molecule has 5 nitrogen and oxygen atoms in total. The van der Waals surface area contributed by atoms with Gasteiger partial charge in [-0.15, -0.1) is 0 Å². The van der Waals surface area contributed by atoms with Gasteiger partial charge >= 0.3 is 0 Å². The molecule has 0 aromatic heterocycles. The second kappa shape index (κ2) is 5.72. The Kier molecular flexibility index (Phi) is 3.91. The van der Waals surface area contributed by atoms with E-state index in [1.807, 2.05) is 29.2 Å². The van der Waals surface area contributed by atoms with Gasteiger partial charge in [0, 0.05) is 37.3 Å². The minimum Gasteiger partial charge on any atom is -0.338 e. The van der Waals surface area contributed by atoms with E-state index in [-0.39, 0.29) is 17.2 Å². The van der Waals surface area contributed by atoms with Crippen molar-refractivity contribution in [3.8, 4) is 0 Å². The first-order valence-corrected chi connectivity index (χ1v) is 7.92. The molecule has 2 N–H and O–H groups in total. The van der Waals surface area contributed by atoms with Crippen LogP contribution in [0, 0.1) is 5.41 Å². The fourth-order valence-corrected chi connectivity index (χ4v) is 3.27. The zero-order chi connectivity index (χ0) is 15.7. The number of hydrogen-bond donors (Lipinski definition) is 1. The van der Waals surface area contributed by atoms with Gasteiger partial charge in [-0.25, -0.2) is 0 Å². The first kappa shape index (κ1) is 15.0. The summed E-state index contributed by atoms with van der Waals surface area (Å²) in [5.74, 6) is 0.173. The minimum absolute atomic E-state index is 0.0260. The molecule has 2 aliphatic heterocycles. The van der Waals surface area contributed by atoms with Gasteiger partial charge in [0.2, 0.25) is 5.91 Å². The van der Waals surface area contributed by atoms with Crippen molar-refractivity contribution in [3.63, 3.8) is 0 Å². The van der Waals surface area contributed by atoms with Crippen LogP contribution in [0.1, 0.15) is 36.5 Å². The molecule has 1 atom stereocenters. The van der Waals surface area contributed by atoms with Gasteiger partial charge in [0.25, 0.3) is 5.91 Å². The highest BCUT2D eigenvalue weighted by Crippen LogP contribution is 2.30. The number of nitrogens with two attached hydrogens (primary N) is 1. The molecule has 0 bridgehead atoms. The quantitative estimate of drug-likeness (QED) is 0.922. The lowest BCUT2D eigenvalue weighted by atomic mass is 9.90. The van der Waals surface area contributed by atoms with Crippen molar-refractivity contribution >= 4 is 17.5 Å². The molecular weight excluding hydrogens is 278 g/mol. The number of benzene rings is 1. The fourth-order valence-electron chi connectivity index (χ4n) is 3.27. The number of nitrogens with zero attached hydrogens (tertiary/aromatic N) is 2. The Morgan fingerprint density at radius 3 is 2.82 bits per heavy atom. The van der Waals surface area contributed by atoms with Crippen molar-refractivity contribution in [3.05, 3.63) is 29.8 Å². The number of likely N-dealkylation sites (tertiary alicyclic amines) is 1. The average Bonchev–Trinajstić information content (AvgIpc) is 3.13. The van der Waals surface area contributed by atoms with E-state index in [0.717, 1.165) is 31.6 Å². The van der Waals surface area contributed by atoms with Gasteiger partial charge in [-0.05, 0) is 43.0 Å². The van der Waals surface area contributed by atoms with Crippen molar-refractivity contribution in [1.29, 1.82) is 0 Å². The average molecular weight is 301 g/mol. The minimum atomic E-state index is 0.0260. The normalized spacial score (nSPS) is 25.1. The van der Waals surface area contributed by atoms with E-state index in [1.165, 1.54) is 0 Å². The lowest BCUT2D eigenvalue weighted by Crippen LogP contribution is -2.34. The highest BCUT2D eigenvalue weighted by molar-refractivity contribution is 5.99. The molecule has 118 valence electrons. The molecule has 2 fully saturated rings. The largest absolute Gasteiger partial charge is 0.338 e. The molecule has 1 aromatic carbocycles. The van der Waals surface area contributed by atoms with Crippen molar-refractivity contribution in [2.75, 3.05) is 31.1 Å². The molecule has 0 aliphatic carbocycles. The molecule has 1 unspecified atom stereocenters. The molecule has 2 heterocycles. The molecule has 2 amide bonds. The van der Waals surface area contributed by atoms with Crippen molar-refractivity contribution in [2.24, 2.45) is 11.1 Å². The van der Waals surface area contributed by atoms with Crippen LogP contribution in [0.2, 0.25) is 0 Å². The zero-order valence-corrected chi connectivity index (χ0v) is 13.0. The van der Waals surface area contributed by atoms with E-state index in [0.29, 0.717) is 25.1 Å². The van der Waals surface area contributed by atoms with Crippen LogP contribution in [-0.4, -0.2) is 42.9 Å². The van der Waals surface area contributed by atoms with Crippen LogP contribution >= 0.6 is 0 Å². The summed E-state index contributed by atoms with van der Waals surface area (Å²) < 4.78 is 0. The third-order valence-corrected chi connectivity index (χ3v) is 4.82. The molecule has 5 heteroatoms. The Balaban J connectivity index is 1.78. The molecule has 3 rings (SSSR count). The number of amides is 2. The van der Waals surface area contributed by atoms with E-state index < -0.39 is 0 Å². The summed E-state index contributed by atoms with van der Waals surface area (Å²) in [6.45, 7) is 4.92. The summed E-state index contributed by atoms with van der Waals surface area (Å²) in [7, 11) is 0. The molecule has 0 spiro atoms. The van der Waals surface area contributed by atoms with Crippen molar-refractivity contribution in [2.45, 2.75) is 26.2 Å². The van der Waals surface area contributed by atoms with Gasteiger partial charge in [-0.1, -0.05) is 13.0 Å². The second-order valence-corrected chi connectivity index (χ2v) is 6.69. The highest BCUT2D eigenvalue weighted by atomic mass is 16.2. The van der Waals surface area contributed by atoms with E-state index in [9.17, 15) is 9.59 Å². The molecular formula is C17H23N3O2. The van der Waals surface area contributed by atoms with E-state index in [1.54, 1.807) is 4.90 Å². The Bertz CT molecular complexity index is 601. The van der Waals surface area contributed by atoms with Gasteiger partial charge in [-0.2, -0.15) is 0 Å². The standard InChI is InChI=1S/C17H23N3O2/c1-17(11-18)7-9-19(12-17)16(22)13-4-2-5-14(10-13)20-8-3-6-15(20)21/h2,4-5,10H,3,6-9,11-12,18H2,1H3. The monoisotopic (exact) mass is 301 g/mol. The topological polar surface area (TPSA) is 66.6 Å². The van der Waals surface area contributed by atoms with Crippen LogP contribution in [0.3, 0.4) is 0 Å². The summed E-state index contributed by atoms with van der Waals surface area (Å²) in [6, 6.07) is 7.41. The second-order valence-electron chi connectivity index (χ2n) is 6.69. The van der Waals surface area contributed by atoms with Gasteiger partial charge in [0.15, 0.2) is 0 Å². The molecule has 2 saturated heterocycles. The Hall–Kier alpha value is -1.88. The molecule has 0 radical (unpaired) electrons. The number of rotatable bonds is 3. The predicted octanol–water partition coefficient (Wildman–Crippen LogP) is 1.62. The van der Waals surface area contributed by atoms with Crippen LogP contribution in [0.4, 0.5) is 5.69 Å². The lowest BCUT2D eigenvalue weighted by Gasteiger charge is -2.23. The maximum Gasteiger partial charge on any atom is 0.253 e. The van der Waals surface area contributed by atoms with Crippen LogP contribution in [0.5, 0.6) is 0 Å². The number of hydrogen-bond acceptors (Lipinski definition) is 3.